The Kier molecular flexibility index (Phi) is 21.2. The van der Waals surface area contributed by atoms with Gasteiger partial charge in [0.25, 0.3) is 0 Å². The first kappa shape index (κ1) is 68.0. The van der Waals surface area contributed by atoms with Crippen molar-refractivity contribution in [1.82, 2.24) is 29.9 Å². The molecule has 14 aromatic rings. The smallest absolute Gasteiger partial charge is 0.423 e. The summed E-state index contributed by atoms with van der Waals surface area (Å²) in [6.45, 7) is 9.00. The third kappa shape index (κ3) is 14.7. The topological polar surface area (TPSA) is 118 Å². The van der Waals surface area contributed by atoms with E-state index in [4.69, 9.17) is 19.9 Å². The molecule has 97 heavy (non-hydrogen) atoms. The predicted octanol–water partition coefficient (Wildman–Crippen LogP) is 20.1. The number of hydrogen-bond donors (Lipinski definition) is 2. The summed E-state index contributed by atoms with van der Waals surface area (Å²) < 4.78 is 1.02. The standard InChI is InChI=1S/C42H31N3.C27H18BrN3.C15H15BO2.H4P2.Y/c1-42(2)37-16-7-6-15-35(37)36-22-21-32(25-38(36)42)31-12-8-13-33(24-31)40-26-39(44-41(45-40)30-10-4-3-5-11-30)29-19-17-28(18-20-29)34-14-9-23-43-27-34;28-24-10-4-8-22(16-24)26-17-25(30-27(31-26)21-6-2-1-3-7-21)20-13-11-19(12-14-20)23-9-5-15-29-18-23;1-15(2)13-6-4-3-5-11(13)12-8-7-10(16(17)18)9-14(12)15;1-2;/h3-27H,1-2H3;1-18H;3-9,17-18H,1-2H3;1-2H2;. The van der Waals surface area contributed by atoms with Gasteiger partial charge in [-0.2, -0.15) is 0 Å². The fraction of sp³-hybridized carbons (Fsp3) is 0.0714. The number of rotatable bonds is 10. The fourth-order valence-corrected chi connectivity index (χ4v) is 13.3. The molecule has 2 unspecified atom stereocenters. The normalized spacial score (nSPS) is 12.3. The van der Waals surface area contributed by atoms with Crippen LogP contribution in [0.25, 0.3) is 123 Å². The molecule has 13 heteroatoms. The molecule has 10 aromatic carbocycles. The second-order valence-corrected chi connectivity index (χ2v) is 25.6. The Labute approximate surface area is 606 Å². The molecule has 16 rings (SSSR count). The molecule has 0 spiro atoms. The number of halogens is 1. The van der Waals surface area contributed by atoms with Gasteiger partial charge in [-0.1, -0.05) is 274 Å². The minimum atomic E-state index is -1.41. The van der Waals surface area contributed by atoms with E-state index < -0.39 is 7.12 Å². The van der Waals surface area contributed by atoms with Gasteiger partial charge in [-0.15, -0.1) is 17.9 Å². The van der Waals surface area contributed by atoms with Crippen molar-refractivity contribution < 1.29 is 42.8 Å². The van der Waals surface area contributed by atoms with Gasteiger partial charge in [-0.25, -0.2) is 19.9 Å². The van der Waals surface area contributed by atoms with E-state index in [1.807, 2.05) is 116 Å². The molecule has 0 fully saturated rings. The summed E-state index contributed by atoms with van der Waals surface area (Å²) >= 11 is 3.57. The van der Waals surface area contributed by atoms with E-state index in [1.54, 1.807) is 18.5 Å². The molecule has 469 valence electrons. The zero-order chi connectivity index (χ0) is 66.3. The molecule has 2 N–H and O–H groups in total. The summed E-state index contributed by atoms with van der Waals surface area (Å²) in [4.78, 5) is 28.4. The molecule has 8 nitrogen and oxygen atoms in total. The third-order valence-electron chi connectivity index (χ3n) is 18.0. The second kappa shape index (κ2) is 30.2. The van der Waals surface area contributed by atoms with Gasteiger partial charge in [0.2, 0.25) is 0 Å². The van der Waals surface area contributed by atoms with E-state index in [0.29, 0.717) is 17.1 Å². The van der Waals surface area contributed by atoms with Crippen LogP contribution in [0.15, 0.2) is 308 Å². The average Bonchev–Trinajstić information content (AvgIpc) is 1.59. The maximum absolute atomic E-state index is 9.30. The molecule has 4 aromatic heterocycles. The maximum Gasteiger partial charge on any atom is 0.488 e. The summed E-state index contributed by atoms with van der Waals surface area (Å²) in [6, 6.07) is 96.0. The number of nitrogens with zero attached hydrogens (tertiary/aromatic N) is 6. The Bertz CT molecular complexity index is 5070. The van der Waals surface area contributed by atoms with Crippen molar-refractivity contribution in [3.8, 4) is 123 Å². The van der Waals surface area contributed by atoms with E-state index in [9.17, 15) is 10.0 Å². The Morgan fingerprint density at radius 1 is 0.309 bits per heavy atom. The van der Waals surface area contributed by atoms with Crippen molar-refractivity contribution in [3.05, 3.63) is 331 Å². The molecule has 4 heterocycles. The van der Waals surface area contributed by atoms with Crippen LogP contribution in [0, 0.1) is 0 Å². The molecule has 1 radical (unpaired) electrons. The Hall–Kier alpha value is -8.91. The Morgan fingerprint density at radius 2 is 0.670 bits per heavy atom. The van der Waals surface area contributed by atoms with E-state index >= 15 is 0 Å². The van der Waals surface area contributed by atoms with Crippen molar-refractivity contribution in [2.45, 2.75) is 38.5 Å². The Balaban J connectivity index is 0.000000149. The number of fused-ring (bicyclic) bond motifs is 6. The summed E-state index contributed by atoms with van der Waals surface area (Å²) in [5.41, 5.74) is 27.3. The van der Waals surface area contributed by atoms with Crippen LogP contribution in [0.5, 0.6) is 0 Å². The van der Waals surface area contributed by atoms with Crippen molar-refractivity contribution in [1.29, 1.82) is 0 Å². The number of pyridine rings is 2. The maximum atomic E-state index is 9.30. The quantitative estimate of drug-likeness (QED) is 0.103. The van der Waals surface area contributed by atoms with Crippen molar-refractivity contribution >= 4 is 46.4 Å². The average molecular weight is 1440 g/mol. The second-order valence-electron chi connectivity index (χ2n) is 24.7. The molecule has 2 aliphatic rings. The van der Waals surface area contributed by atoms with Gasteiger partial charge in [-0.05, 0) is 132 Å². The van der Waals surface area contributed by atoms with Crippen LogP contribution in [0.4, 0.5) is 0 Å². The minimum absolute atomic E-state index is 0. The van der Waals surface area contributed by atoms with Gasteiger partial charge in [0.1, 0.15) is 0 Å². The van der Waals surface area contributed by atoms with Gasteiger partial charge in [0.05, 0.1) is 22.8 Å². The van der Waals surface area contributed by atoms with Crippen LogP contribution in [0.3, 0.4) is 0 Å². The molecule has 2 aliphatic carbocycles. The molecular weight excluding hydrogens is 1370 g/mol. The number of aromatic nitrogens is 6. The summed E-state index contributed by atoms with van der Waals surface area (Å²) in [5, 5.41) is 18.6. The molecule has 0 amide bonds. The molecule has 0 saturated carbocycles. The first-order chi connectivity index (χ1) is 46.8. The first-order valence-electron chi connectivity index (χ1n) is 31.8. The minimum Gasteiger partial charge on any atom is -0.423 e. The summed E-state index contributed by atoms with van der Waals surface area (Å²) in [6.07, 6.45) is 7.34. The van der Waals surface area contributed by atoms with Crippen LogP contribution in [-0.2, 0) is 43.5 Å². The van der Waals surface area contributed by atoms with Crippen LogP contribution < -0.4 is 5.46 Å². The summed E-state index contributed by atoms with van der Waals surface area (Å²) in [5.74, 6) is 1.42. The van der Waals surface area contributed by atoms with Crippen molar-refractivity contribution in [3.63, 3.8) is 0 Å². The number of benzene rings is 10. The monoisotopic (exact) mass is 1430 g/mol. The molecule has 0 aliphatic heterocycles. The molecule has 0 saturated heterocycles. The van der Waals surface area contributed by atoms with E-state index in [1.165, 1.54) is 50.1 Å². The van der Waals surface area contributed by atoms with Gasteiger partial charge < -0.3 is 10.0 Å². The Morgan fingerprint density at radius 3 is 1.13 bits per heavy atom. The van der Waals surface area contributed by atoms with Gasteiger partial charge in [0.15, 0.2) is 11.6 Å². The van der Waals surface area contributed by atoms with Crippen molar-refractivity contribution in [2.75, 3.05) is 0 Å². The SMILES string of the molecule is Brc1cccc(-c2cc(-c3ccc(-c4cccnc4)cc3)nc(-c3ccccc3)n2)c1.CC1(C)c2ccccc2-c2ccc(-c3cccc(-c4cc(-c5ccc(-c6cccnc6)cc5)nc(-c5ccccc5)n4)c3)cc21.CC1(C)c2ccccc2-c2ccc(B(O)O)cc21.PP.[Y]. The zero-order valence-electron chi connectivity index (χ0n) is 54.1. The molecule has 0 bridgehead atoms. The van der Waals surface area contributed by atoms with Gasteiger partial charge in [-0.3, -0.25) is 9.97 Å². The molecule has 2 atom stereocenters. The third-order valence-corrected chi connectivity index (χ3v) is 18.5. The first-order valence-corrected chi connectivity index (χ1v) is 35.2. The van der Waals surface area contributed by atoms with Crippen LogP contribution in [0.2, 0.25) is 0 Å². The zero-order valence-corrected chi connectivity index (χ0v) is 60.9. The predicted molar refractivity (Wildman–Crippen MR) is 407 cm³/mol. The van der Waals surface area contributed by atoms with Crippen LogP contribution in [0.1, 0.15) is 49.9 Å². The van der Waals surface area contributed by atoms with Crippen LogP contribution in [-0.4, -0.2) is 47.1 Å². The fourth-order valence-electron chi connectivity index (χ4n) is 12.9. The van der Waals surface area contributed by atoms with Gasteiger partial charge >= 0.3 is 7.12 Å². The van der Waals surface area contributed by atoms with Crippen LogP contribution >= 0.6 is 33.8 Å². The number of hydrogen-bond acceptors (Lipinski definition) is 8. The van der Waals surface area contributed by atoms with E-state index in [-0.39, 0.29) is 43.5 Å². The largest absolute Gasteiger partial charge is 0.488 e. The van der Waals surface area contributed by atoms with E-state index in [2.05, 4.69) is 241 Å². The molecular formula is C84H68BBrN6O2P2Y. The van der Waals surface area contributed by atoms with Gasteiger partial charge in [0, 0.05) is 106 Å². The van der Waals surface area contributed by atoms with E-state index in [0.717, 1.165) is 88.4 Å². The summed E-state index contributed by atoms with van der Waals surface area (Å²) in [7, 11) is 3.26. The van der Waals surface area contributed by atoms with Crippen molar-refractivity contribution in [2.24, 2.45) is 0 Å².